The first-order valence-corrected chi connectivity index (χ1v) is 10.7. The Morgan fingerprint density at radius 2 is 2.04 bits per heavy atom. The van der Waals surface area contributed by atoms with Gasteiger partial charge in [-0.15, -0.1) is 0 Å². The molecule has 5 rings (SSSR count). The van der Waals surface area contributed by atoms with Crippen LogP contribution in [0.5, 0.6) is 0 Å². The zero-order chi connectivity index (χ0) is 19.3. The van der Waals surface area contributed by atoms with Crippen LogP contribution in [0.25, 0.3) is 0 Å². The molecule has 0 atom stereocenters. The maximum Gasteiger partial charge on any atom is 0.226 e. The van der Waals surface area contributed by atoms with E-state index in [0.29, 0.717) is 11.9 Å². The largest absolute Gasteiger partial charge is 0.348 e. The average Bonchev–Trinajstić information content (AvgIpc) is 3.23. The van der Waals surface area contributed by atoms with E-state index in [1.54, 1.807) is 0 Å². The van der Waals surface area contributed by atoms with Gasteiger partial charge in [0.2, 0.25) is 5.91 Å². The predicted molar refractivity (Wildman–Crippen MR) is 106 cm³/mol. The number of hydrogen-bond acceptors (Lipinski definition) is 4. The van der Waals surface area contributed by atoms with Crippen LogP contribution in [0.4, 0.5) is 0 Å². The molecule has 1 saturated carbocycles. The number of likely N-dealkylation sites (tertiary alicyclic amines) is 1. The molecule has 1 spiro atoms. The van der Waals surface area contributed by atoms with E-state index in [-0.39, 0.29) is 11.5 Å². The Balaban J connectivity index is 1.36. The van der Waals surface area contributed by atoms with Crippen molar-refractivity contribution < 1.29 is 4.79 Å². The lowest BCUT2D eigenvalue weighted by Crippen LogP contribution is -2.58. The summed E-state index contributed by atoms with van der Waals surface area (Å²) in [5, 5.41) is 0. The minimum atomic E-state index is -0.225. The smallest absolute Gasteiger partial charge is 0.226 e. The fraction of sp³-hybridized carbons (Fsp3) is 0.667. The van der Waals surface area contributed by atoms with Gasteiger partial charge in [0.1, 0.15) is 5.82 Å². The van der Waals surface area contributed by atoms with Gasteiger partial charge in [-0.05, 0) is 39.5 Å². The molecule has 0 unspecified atom stereocenters. The van der Waals surface area contributed by atoms with Gasteiger partial charge in [0.15, 0.2) is 0 Å². The summed E-state index contributed by atoms with van der Waals surface area (Å²) in [6.45, 7) is 8.00. The number of aromatic amines is 1. The number of amides is 1. The molecule has 2 aliphatic heterocycles. The van der Waals surface area contributed by atoms with Crippen molar-refractivity contribution in [2.45, 2.75) is 64.1 Å². The Hall–Kier alpha value is -2.15. The number of fused-ring (bicyclic) bond motifs is 2. The van der Waals surface area contributed by atoms with Crippen LogP contribution < -0.4 is 0 Å². The highest BCUT2D eigenvalue weighted by atomic mass is 16.2. The second-order valence-corrected chi connectivity index (χ2v) is 8.90. The molecule has 1 amide bonds. The van der Waals surface area contributed by atoms with Crippen molar-refractivity contribution in [2.75, 3.05) is 19.6 Å². The second-order valence-electron chi connectivity index (χ2n) is 8.90. The summed E-state index contributed by atoms with van der Waals surface area (Å²) in [7, 11) is 0. The Kier molecular flexibility index (Phi) is 4.30. The van der Waals surface area contributed by atoms with Crippen LogP contribution in [-0.4, -0.2) is 54.9 Å². The van der Waals surface area contributed by atoms with Crippen LogP contribution in [0.1, 0.15) is 62.8 Å². The van der Waals surface area contributed by atoms with E-state index in [4.69, 9.17) is 4.98 Å². The molecule has 28 heavy (non-hydrogen) atoms. The minimum absolute atomic E-state index is 0.225. The molecule has 7 nitrogen and oxygen atoms in total. The number of nitrogens with zero attached hydrogens (tertiary/aromatic N) is 5. The number of piperidine rings is 1. The van der Waals surface area contributed by atoms with Crippen LogP contribution in [0.15, 0.2) is 18.7 Å². The van der Waals surface area contributed by atoms with E-state index in [2.05, 4.69) is 44.4 Å². The normalized spacial score (nSPS) is 22.0. The maximum absolute atomic E-state index is 13.1. The van der Waals surface area contributed by atoms with Crippen molar-refractivity contribution in [2.24, 2.45) is 5.92 Å². The Morgan fingerprint density at radius 3 is 2.75 bits per heavy atom. The summed E-state index contributed by atoms with van der Waals surface area (Å²) in [5.41, 5.74) is 2.12. The summed E-state index contributed by atoms with van der Waals surface area (Å²) in [6, 6.07) is 0.422. The molecule has 0 aromatic carbocycles. The van der Waals surface area contributed by atoms with Crippen molar-refractivity contribution in [3.63, 3.8) is 0 Å². The molecule has 0 bridgehead atoms. The zero-order valence-corrected chi connectivity index (χ0v) is 16.9. The predicted octanol–water partition coefficient (Wildman–Crippen LogP) is 2.47. The van der Waals surface area contributed by atoms with Crippen molar-refractivity contribution >= 4 is 5.91 Å². The van der Waals surface area contributed by atoms with E-state index in [9.17, 15) is 4.79 Å². The fourth-order valence-electron chi connectivity index (χ4n) is 5.07. The van der Waals surface area contributed by atoms with Gasteiger partial charge in [-0.25, -0.2) is 9.97 Å². The van der Waals surface area contributed by atoms with Crippen LogP contribution >= 0.6 is 0 Å². The van der Waals surface area contributed by atoms with Crippen LogP contribution in [0, 0.1) is 5.92 Å². The summed E-state index contributed by atoms with van der Waals surface area (Å²) in [4.78, 5) is 30.4. The highest BCUT2D eigenvalue weighted by molar-refractivity contribution is 5.82. The van der Waals surface area contributed by atoms with Gasteiger partial charge < -0.3 is 14.5 Å². The van der Waals surface area contributed by atoms with E-state index >= 15 is 0 Å². The average molecular weight is 383 g/mol. The van der Waals surface area contributed by atoms with Gasteiger partial charge >= 0.3 is 0 Å². The van der Waals surface area contributed by atoms with E-state index in [1.807, 2.05) is 12.5 Å². The van der Waals surface area contributed by atoms with Crippen molar-refractivity contribution in [1.29, 1.82) is 0 Å². The molecule has 150 valence electrons. The fourth-order valence-corrected chi connectivity index (χ4v) is 5.07. The molecule has 2 aromatic rings. The molecule has 1 N–H and O–H groups in total. The van der Waals surface area contributed by atoms with Gasteiger partial charge in [-0.3, -0.25) is 9.69 Å². The summed E-state index contributed by atoms with van der Waals surface area (Å²) < 4.78 is 2.25. The second kappa shape index (κ2) is 6.72. The molecule has 2 fully saturated rings. The molecule has 4 heterocycles. The number of imidazole rings is 2. The first kappa shape index (κ1) is 17.9. The molecule has 7 heteroatoms. The number of H-pyrrole nitrogens is 1. The van der Waals surface area contributed by atoms with Crippen molar-refractivity contribution in [1.82, 2.24) is 29.3 Å². The van der Waals surface area contributed by atoms with Crippen LogP contribution in [-0.2, 0) is 23.3 Å². The Bertz CT molecular complexity index is 856. The zero-order valence-electron chi connectivity index (χ0n) is 16.9. The van der Waals surface area contributed by atoms with Crippen LogP contribution in [0.3, 0.4) is 0 Å². The van der Waals surface area contributed by atoms with Crippen LogP contribution in [0.2, 0.25) is 0 Å². The molecule has 1 aliphatic carbocycles. The highest BCUT2D eigenvalue weighted by Gasteiger charge is 2.50. The maximum atomic E-state index is 13.1. The molecule has 2 aromatic heterocycles. The summed E-state index contributed by atoms with van der Waals surface area (Å²) >= 11 is 0. The highest BCUT2D eigenvalue weighted by Crippen LogP contribution is 2.45. The Morgan fingerprint density at radius 1 is 1.25 bits per heavy atom. The SMILES string of the molecule is CC(C)n1ccnc1CN1CCC2(CC1)c1nc[nH]c1CCN2C(=O)C1CC1. The number of carbonyl (C=O) groups excluding carboxylic acids is 1. The number of aromatic nitrogens is 4. The van der Waals surface area contributed by atoms with Gasteiger partial charge in [-0.2, -0.15) is 0 Å². The third-order valence-corrected chi connectivity index (χ3v) is 6.81. The third-order valence-electron chi connectivity index (χ3n) is 6.81. The standard InChI is InChI=1S/C21H30N6O/c1-15(2)26-12-8-22-18(26)13-25-10-6-21(7-11-25)19-17(23-14-24-19)5-9-27(21)20(28)16-3-4-16/h8,12,14-16H,3-7,9-11,13H2,1-2H3,(H,23,24). The molecular formula is C21H30N6O. The van der Waals surface area contributed by atoms with Gasteiger partial charge in [0.25, 0.3) is 0 Å². The van der Waals surface area contributed by atoms with E-state index < -0.39 is 0 Å². The molecule has 3 aliphatic rings. The van der Waals surface area contributed by atoms with Crippen molar-refractivity contribution in [3.8, 4) is 0 Å². The third kappa shape index (κ3) is 2.87. The minimum Gasteiger partial charge on any atom is -0.348 e. The lowest BCUT2D eigenvalue weighted by molar-refractivity contribution is -0.143. The van der Waals surface area contributed by atoms with E-state index in [1.165, 1.54) is 5.69 Å². The topological polar surface area (TPSA) is 70.1 Å². The molecular weight excluding hydrogens is 352 g/mol. The summed E-state index contributed by atoms with van der Waals surface area (Å²) in [6.07, 6.45) is 10.7. The van der Waals surface area contributed by atoms with Gasteiger partial charge in [0.05, 0.1) is 24.1 Å². The monoisotopic (exact) mass is 382 g/mol. The number of rotatable bonds is 4. The van der Waals surface area contributed by atoms with Gasteiger partial charge in [-0.1, -0.05) is 0 Å². The number of hydrogen-bond donors (Lipinski definition) is 1. The Labute approximate surface area is 166 Å². The summed E-state index contributed by atoms with van der Waals surface area (Å²) in [5.74, 6) is 1.74. The first-order valence-electron chi connectivity index (χ1n) is 10.7. The molecule has 0 radical (unpaired) electrons. The lowest BCUT2D eigenvalue weighted by atomic mass is 9.78. The number of nitrogens with one attached hydrogen (secondary N) is 1. The van der Waals surface area contributed by atoms with Crippen molar-refractivity contribution in [3.05, 3.63) is 35.9 Å². The number of carbonyl (C=O) groups is 1. The lowest BCUT2D eigenvalue weighted by Gasteiger charge is -2.50. The first-order chi connectivity index (χ1) is 13.6. The van der Waals surface area contributed by atoms with Gasteiger partial charge in [0, 0.05) is 56.1 Å². The quantitative estimate of drug-likeness (QED) is 0.882. The van der Waals surface area contributed by atoms with E-state index in [0.717, 1.165) is 69.8 Å². The molecule has 1 saturated heterocycles.